The SMILES string of the molecule is CCCOC1CCCN(Cc2cc(C=CC(=O)O)cs2)C1. The number of rotatable bonds is 7. The van der Waals surface area contributed by atoms with E-state index in [2.05, 4.69) is 17.9 Å². The molecule has 1 atom stereocenters. The molecule has 0 aliphatic carbocycles. The summed E-state index contributed by atoms with van der Waals surface area (Å²) in [6.07, 6.45) is 6.61. The third-order valence-corrected chi connectivity index (χ3v) is 4.43. The molecule has 0 aromatic carbocycles. The van der Waals surface area contributed by atoms with Crippen LogP contribution < -0.4 is 0 Å². The van der Waals surface area contributed by atoms with Gasteiger partial charge >= 0.3 is 5.97 Å². The third-order valence-electron chi connectivity index (χ3n) is 3.49. The van der Waals surface area contributed by atoms with Gasteiger partial charge in [-0.15, -0.1) is 11.3 Å². The summed E-state index contributed by atoms with van der Waals surface area (Å²) in [5.74, 6) is -0.908. The molecule has 5 heteroatoms. The van der Waals surface area contributed by atoms with E-state index in [9.17, 15) is 4.79 Å². The lowest BCUT2D eigenvalue weighted by molar-refractivity contribution is -0.131. The summed E-state index contributed by atoms with van der Waals surface area (Å²) in [5, 5.41) is 10.6. The molecule has 1 N–H and O–H groups in total. The molecule has 1 aliphatic rings. The molecule has 0 saturated carbocycles. The van der Waals surface area contributed by atoms with Crippen molar-refractivity contribution in [2.24, 2.45) is 0 Å². The maximum absolute atomic E-state index is 10.5. The summed E-state index contributed by atoms with van der Waals surface area (Å²) in [7, 11) is 0. The fourth-order valence-corrected chi connectivity index (χ4v) is 3.43. The van der Waals surface area contributed by atoms with E-state index in [0.717, 1.165) is 44.6 Å². The molecular formula is C16H23NO3S. The molecule has 1 saturated heterocycles. The summed E-state index contributed by atoms with van der Waals surface area (Å²) < 4.78 is 5.86. The number of carboxylic acid groups (broad SMARTS) is 1. The number of hydrogen-bond acceptors (Lipinski definition) is 4. The first-order valence-corrected chi connectivity index (χ1v) is 8.37. The van der Waals surface area contributed by atoms with Gasteiger partial charge in [-0.1, -0.05) is 6.92 Å². The van der Waals surface area contributed by atoms with Crippen LogP contribution in [0.3, 0.4) is 0 Å². The molecule has 1 aliphatic heterocycles. The van der Waals surface area contributed by atoms with Gasteiger partial charge in [-0.25, -0.2) is 4.79 Å². The Hall–Kier alpha value is -1.17. The van der Waals surface area contributed by atoms with Crippen molar-refractivity contribution < 1.29 is 14.6 Å². The lowest BCUT2D eigenvalue weighted by atomic mass is 10.1. The normalized spacial score (nSPS) is 20.1. The van der Waals surface area contributed by atoms with Gasteiger partial charge in [-0.3, -0.25) is 4.90 Å². The molecule has 21 heavy (non-hydrogen) atoms. The number of hydrogen-bond donors (Lipinski definition) is 1. The minimum Gasteiger partial charge on any atom is -0.478 e. The molecule has 0 radical (unpaired) electrons. The first-order chi connectivity index (χ1) is 10.2. The first-order valence-electron chi connectivity index (χ1n) is 7.49. The van der Waals surface area contributed by atoms with E-state index in [4.69, 9.17) is 9.84 Å². The van der Waals surface area contributed by atoms with Crippen molar-refractivity contribution in [3.63, 3.8) is 0 Å². The van der Waals surface area contributed by atoms with Crippen LogP contribution in [0.2, 0.25) is 0 Å². The molecule has 2 rings (SSSR count). The molecule has 0 spiro atoms. The Morgan fingerprint density at radius 2 is 2.48 bits per heavy atom. The second-order valence-corrected chi connectivity index (χ2v) is 6.38. The first kappa shape index (κ1) is 16.2. The highest BCUT2D eigenvalue weighted by molar-refractivity contribution is 7.10. The largest absolute Gasteiger partial charge is 0.478 e. The maximum atomic E-state index is 10.5. The lowest BCUT2D eigenvalue weighted by Crippen LogP contribution is -2.39. The summed E-state index contributed by atoms with van der Waals surface area (Å²) in [4.78, 5) is 14.2. The van der Waals surface area contributed by atoms with Crippen molar-refractivity contribution in [3.05, 3.63) is 28.0 Å². The van der Waals surface area contributed by atoms with Crippen molar-refractivity contribution in [1.29, 1.82) is 0 Å². The molecule has 2 heterocycles. The number of carbonyl (C=O) groups is 1. The third kappa shape index (κ3) is 5.61. The van der Waals surface area contributed by atoms with E-state index in [1.807, 2.05) is 5.38 Å². The van der Waals surface area contributed by atoms with E-state index in [1.54, 1.807) is 17.4 Å². The van der Waals surface area contributed by atoms with E-state index >= 15 is 0 Å². The van der Waals surface area contributed by atoms with Crippen LogP contribution in [0.5, 0.6) is 0 Å². The Morgan fingerprint density at radius 3 is 3.24 bits per heavy atom. The lowest BCUT2D eigenvalue weighted by Gasteiger charge is -2.32. The van der Waals surface area contributed by atoms with E-state index < -0.39 is 5.97 Å². The number of piperidine rings is 1. The molecule has 1 aromatic rings. The molecule has 0 bridgehead atoms. The fraction of sp³-hybridized carbons (Fsp3) is 0.562. The van der Waals surface area contributed by atoms with Crippen molar-refractivity contribution in [1.82, 2.24) is 4.90 Å². The van der Waals surface area contributed by atoms with Crippen molar-refractivity contribution >= 4 is 23.4 Å². The van der Waals surface area contributed by atoms with Gasteiger partial charge < -0.3 is 9.84 Å². The minimum absolute atomic E-state index is 0.366. The zero-order chi connectivity index (χ0) is 15.1. The van der Waals surface area contributed by atoms with Gasteiger partial charge in [0.2, 0.25) is 0 Å². The maximum Gasteiger partial charge on any atom is 0.328 e. The monoisotopic (exact) mass is 309 g/mol. The van der Waals surface area contributed by atoms with Crippen LogP contribution in [-0.2, 0) is 16.1 Å². The molecule has 1 unspecified atom stereocenters. The molecule has 1 fully saturated rings. The van der Waals surface area contributed by atoms with Crippen LogP contribution >= 0.6 is 11.3 Å². The van der Waals surface area contributed by atoms with E-state index in [-0.39, 0.29) is 0 Å². The van der Waals surface area contributed by atoms with Crippen LogP contribution in [0, 0.1) is 0 Å². The summed E-state index contributed by atoms with van der Waals surface area (Å²) in [5.41, 5.74) is 0.966. The molecule has 0 amide bonds. The average molecular weight is 309 g/mol. The van der Waals surface area contributed by atoms with Gasteiger partial charge in [-0.05, 0) is 48.9 Å². The van der Waals surface area contributed by atoms with Gasteiger partial charge in [0.1, 0.15) is 0 Å². The van der Waals surface area contributed by atoms with Gasteiger partial charge in [0.25, 0.3) is 0 Å². The molecule has 116 valence electrons. The summed E-state index contributed by atoms with van der Waals surface area (Å²) >= 11 is 1.69. The van der Waals surface area contributed by atoms with Crippen LogP contribution in [0.1, 0.15) is 36.6 Å². The van der Waals surface area contributed by atoms with Crippen LogP contribution in [0.4, 0.5) is 0 Å². The number of thiophene rings is 1. The smallest absolute Gasteiger partial charge is 0.328 e. The summed E-state index contributed by atoms with van der Waals surface area (Å²) in [6, 6.07) is 2.07. The number of nitrogens with zero attached hydrogens (tertiary/aromatic N) is 1. The highest BCUT2D eigenvalue weighted by Gasteiger charge is 2.20. The van der Waals surface area contributed by atoms with Gasteiger partial charge in [0.15, 0.2) is 0 Å². The van der Waals surface area contributed by atoms with Crippen LogP contribution in [0.15, 0.2) is 17.5 Å². The number of aliphatic carboxylic acids is 1. The average Bonchev–Trinajstić information content (AvgIpc) is 2.91. The second-order valence-electron chi connectivity index (χ2n) is 5.39. The van der Waals surface area contributed by atoms with Gasteiger partial charge in [0, 0.05) is 30.6 Å². The highest BCUT2D eigenvalue weighted by Crippen LogP contribution is 2.21. The predicted octanol–water partition coefficient (Wildman–Crippen LogP) is 3.24. The Kier molecular flexibility index (Phi) is 6.42. The topological polar surface area (TPSA) is 49.8 Å². The zero-order valence-corrected chi connectivity index (χ0v) is 13.3. The Bertz CT molecular complexity index is 484. The van der Waals surface area contributed by atoms with Gasteiger partial charge in [-0.2, -0.15) is 0 Å². The predicted molar refractivity (Wildman–Crippen MR) is 85.5 cm³/mol. The highest BCUT2D eigenvalue weighted by atomic mass is 32.1. The minimum atomic E-state index is -0.908. The van der Waals surface area contributed by atoms with Crippen molar-refractivity contribution in [3.8, 4) is 0 Å². The van der Waals surface area contributed by atoms with E-state index in [0.29, 0.717) is 6.10 Å². The molecular weight excluding hydrogens is 286 g/mol. The zero-order valence-electron chi connectivity index (χ0n) is 12.5. The quantitative estimate of drug-likeness (QED) is 0.786. The number of ether oxygens (including phenoxy) is 1. The van der Waals surface area contributed by atoms with E-state index in [1.165, 1.54) is 17.4 Å². The Balaban J connectivity index is 1.85. The van der Waals surface area contributed by atoms with Crippen molar-refractivity contribution in [2.45, 2.75) is 38.8 Å². The fourth-order valence-electron chi connectivity index (χ4n) is 2.53. The van der Waals surface area contributed by atoms with Gasteiger partial charge in [0.05, 0.1) is 6.10 Å². The second kappa shape index (κ2) is 8.32. The number of likely N-dealkylation sites (tertiary alicyclic amines) is 1. The van der Waals surface area contributed by atoms with Crippen molar-refractivity contribution in [2.75, 3.05) is 19.7 Å². The Labute approximate surface area is 130 Å². The standard InChI is InChI=1S/C16H23NO3S/c1-2-8-20-14-4-3-7-17(10-14)11-15-9-13(12-21-15)5-6-16(18)19/h5-6,9,12,14H,2-4,7-8,10-11H2,1H3,(H,18,19). The van der Waals surface area contributed by atoms with Crippen LogP contribution in [-0.4, -0.2) is 41.8 Å². The molecule has 1 aromatic heterocycles. The number of carboxylic acids is 1. The van der Waals surface area contributed by atoms with Crippen LogP contribution in [0.25, 0.3) is 6.08 Å². The molecule has 4 nitrogen and oxygen atoms in total. The Morgan fingerprint density at radius 1 is 1.62 bits per heavy atom. The summed E-state index contributed by atoms with van der Waals surface area (Å²) in [6.45, 7) is 6.03.